The summed E-state index contributed by atoms with van der Waals surface area (Å²) in [6.07, 6.45) is 1.70. The number of aromatic hydroxyl groups is 1. The van der Waals surface area contributed by atoms with Gasteiger partial charge in [0.25, 0.3) is 5.56 Å². The fourth-order valence-corrected chi connectivity index (χ4v) is 5.35. The van der Waals surface area contributed by atoms with Crippen LogP contribution in [0.4, 0.5) is 0 Å². The molecule has 0 radical (unpaired) electrons. The van der Waals surface area contributed by atoms with Crippen LogP contribution in [0.15, 0.2) is 61.9 Å². The van der Waals surface area contributed by atoms with Crippen molar-refractivity contribution in [3.05, 3.63) is 83.0 Å². The molecule has 8 nitrogen and oxygen atoms in total. The normalized spacial score (nSPS) is 15.5. The number of esters is 1. The maximum Gasteiger partial charge on any atom is 0.338 e. The van der Waals surface area contributed by atoms with Crippen LogP contribution in [0.2, 0.25) is 0 Å². The summed E-state index contributed by atoms with van der Waals surface area (Å²) in [4.78, 5) is 31.7. The lowest BCUT2D eigenvalue weighted by molar-refractivity contribution is -0.139. The summed E-state index contributed by atoms with van der Waals surface area (Å²) in [5.41, 5.74) is 1.87. The van der Waals surface area contributed by atoms with E-state index >= 15 is 0 Å². The van der Waals surface area contributed by atoms with Gasteiger partial charge in [0, 0.05) is 4.47 Å². The monoisotopic (exact) mass is 558 g/mol. The van der Waals surface area contributed by atoms with Gasteiger partial charge in [-0.15, -0.1) is 0 Å². The summed E-state index contributed by atoms with van der Waals surface area (Å²) in [5.74, 6) is 0.400. The summed E-state index contributed by atoms with van der Waals surface area (Å²) < 4.78 is 18.3. The number of carbonyl (C=O) groups is 1. The van der Waals surface area contributed by atoms with E-state index in [0.29, 0.717) is 36.4 Å². The average molecular weight is 559 g/mol. The predicted molar refractivity (Wildman–Crippen MR) is 136 cm³/mol. The Balaban J connectivity index is 1.95. The topological polar surface area (TPSA) is 99.4 Å². The molecule has 35 heavy (non-hydrogen) atoms. The standard InChI is InChI=1S/C25H23BrN2O6S/c1-5-34-24(31)21-13(2)27-25-28(22(21)14-6-8-16(32-3)9-7-14)23(30)20(35-25)11-15-10-19(33-4)18(29)12-17(15)26/h6-12,22,29H,5H2,1-4H3/b20-11+. The van der Waals surface area contributed by atoms with Gasteiger partial charge >= 0.3 is 5.97 Å². The van der Waals surface area contributed by atoms with E-state index in [4.69, 9.17) is 14.2 Å². The van der Waals surface area contributed by atoms with Crippen molar-refractivity contribution in [3.63, 3.8) is 0 Å². The first-order chi connectivity index (χ1) is 16.8. The minimum absolute atomic E-state index is 0.0211. The second-order valence-electron chi connectivity index (χ2n) is 7.62. The molecule has 1 N–H and O–H groups in total. The number of fused-ring (bicyclic) bond motifs is 1. The Morgan fingerprint density at radius 2 is 1.94 bits per heavy atom. The molecule has 0 saturated heterocycles. The second kappa shape index (κ2) is 10.1. The van der Waals surface area contributed by atoms with Crippen molar-refractivity contribution in [3.8, 4) is 17.2 Å². The van der Waals surface area contributed by atoms with E-state index < -0.39 is 12.0 Å². The number of aromatic nitrogens is 1. The summed E-state index contributed by atoms with van der Waals surface area (Å²) in [6.45, 7) is 3.67. The molecular formula is C25H23BrN2O6S. The van der Waals surface area contributed by atoms with Crippen LogP contribution in [-0.4, -0.2) is 36.5 Å². The number of hydrogen-bond acceptors (Lipinski definition) is 8. The summed E-state index contributed by atoms with van der Waals surface area (Å²) in [6, 6.07) is 9.63. The van der Waals surface area contributed by atoms with Crippen molar-refractivity contribution in [1.29, 1.82) is 0 Å². The van der Waals surface area contributed by atoms with Crippen LogP contribution >= 0.6 is 27.3 Å². The number of rotatable bonds is 6. The Labute approximate surface area is 213 Å². The third-order valence-corrected chi connectivity index (χ3v) is 7.20. The van der Waals surface area contributed by atoms with Gasteiger partial charge in [0.15, 0.2) is 16.3 Å². The van der Waals surface area contributed by atoms with Crippen molar-refractivity contribution in [1.82, 2.24) is 4.57 Å². The highest BCUT2D eigenvalue weighted by atomic mass is 79.9. The van der Waals surface area contributed by atoms with Gasteiger partial charge in [0.2, 0.25) is 0 Å². The Bertz CT molecular complexity index is 1500. The number of halogens is 1. The molecular weight excluding hydrogens is 536 g/mol. The molecule has 0 bridgehead atoms. The molecule has 3 aromatic rings. The van der Waals surface area contributed by atoms with Crippen molar-refractivity contribution in [2.75, 3.05) is 20.8 Å². The van der Waals surface area contributed by atoms with Gasteiger partial charge in [0.1, 0.15) is 5.75 Å². The van der Waals surface area contributed by atoms with Gasteiger partial charge in [-0.1, -0.05) is 39.4 Å². The molecule has 2 aromatic carbocycles. The number of allylic oxidation sites excluding steroid dienone is 1. The second-order valence-corrected chi connectivity index (χ2v) is 9.48. The molecule has 0 fully saturated rings. The SMILES string of the molecule is CCOC(=O)C1=C(C)N=c2s/c(=C/c3cc(OC)c(O)cc3Br)c(=O)n2C1c1ccc(OC)cc1. The van der Waals surface area contributed by atoms with E-state index in [-0.39, 0.29) is 23.7 Å². The van der Waals surface area contributed by atoms with E-state index in [1.54, 1.807) is 45.2 Å². The van der Waals surface area contributed by atoms with E-state index in [0.717, 1.165) is 5.56 Å². The third-order valence-electron chi connectivity index (χ3n) is 5.53. The molecule has 0 aliphatic carbocycles. The van der Waals surface area contributed by atoms with Gasteiger partial charge in [-0.3, -0.25) is 9.36 Å². The zero-order valence-electron chi connectivity index (χ0n) is 19.5. The molecule has 0 spiro atoms. The number of hydrogen-bond donors (Lipinski definition) is 1. The van der Waals surface area contributed by atoms with Gasteiger partial charge in [-0.2, -0.15) is 0 Å². The number of carbonyl (C=O) groups excluding carboxylic acids is 1. The van der Waals surface area contributed by atoms with Crippen LogP contribution in [0.25, 0.3) is 6.08 Å². The predicted octanol–water partition coefficient (Wildman–Crippen LogP) is 3.28. The van der Waals surface area contributed by atoms with Gasteiger partial charge in [0.05, 0.1) is 42.7 Å². The molecule has 1 atom stereocenters. The molecule has 4 rings (SSSR count). The summed E-state index contributed by atoms with van der Waals surface area (Å²) >= 11 is 4.64. The van der Waals surface area contributed by atoms with Gasteiger partial charge in [-0.25, -0.2) is 9.79 Å². The number of methoxy groups -OCH3 is 2. The number of phenols is 1. The van der Waals surface area contributed by atoms with E-state index in [1.807, 2.05) is 12.1 Å². The fourth-order valence-electron chi connectivity index (χ4n) is 3.87. The quantitative estimate of drug-likeness (QED) is 0.466. The smallest absolute Gasteiger partial charge is 0.338 e. The number of benzene rings is 2. The summed E-state index contributed by atoms with van der Waals surface area (Å²) in [5, 5.41) is 10.0. The average Bonchev–Trinajstić information content (AvgIpc) is 3.14. The van der Waals surface area contributed by atoms with Crippen LogP contribution in [0.3, 0.4) is 0 Å². The molecule has 10 heteroatoms. The van der Waals surface area contributed by atoms with Crippen molar-refractivity contribution in [2.45, 2.75) is 19.9 Å². The fraction of sp³-hybridized carbons (Fsp3) is 0.240. The lowest BCUT2D eigenvalue weighted by Crippen LogP contribution is -2.39. The minimum atomic E-state index is -0.712. The zero-order chi connectivity index (χ0) is 25.3. The number of ether oxygens (including phenoxy) is 3. The Morgan fingerprint density at radius 1 is 1.23 bits per heavy atom. The number of phenolic OH excluding ortho intramolecular Hbond substituents is 1. The number of thiazole rings is 1. The Kier molecular flexibility index (Phi) is 7.13. The molecule has 0 amide bonds. The Hall–Kier alpha value is -3.37. The van der Waals surface area contributed by atoms with Gasteiger partial charge in [-0.05, 0) is 55.3 Å². The molecule has 1 aliphatic rings. The van der Waals surface area contributed by atoms with Crippen molar-refractivity contribution >= 4 is 39.3 Å². The van der Waals surface area contributed by atoms with E-state index in [2.05, 4.69) is 20.9 Å². The first kappa shape index (κ1) is 24.7. The number of nitrogens with zero attached hydrogens (tertiary/aromatic N) is 2. The Morgan fingerprint density at radius 3 is 2.57 bits per heavy atom. The van der Waals surface area contributed by atoms with Crippen LogP contribution in [0.5, 0.6) is 17.2 Å². The van der Waals surface area contributed by atoms with Crippen molar-refractivity contribution in [2.24, 2.45) is 4.99 Å². The van der Waals surface area contributed by atoms with E-state index in [9.17, 15) is 14.7 Å². The third kappa shape index (κ3) is 4.63. The summed E-state index contributed by atoms with van der Waals surface area (Å²) in [7, 11) is 3.03. The van der Waals surface area contributed by atoms with E-state index in [1.165, 1.54) is 29.1 Å². The van der Waals surface area contributed by atoms with Crippen molar-refractivity contribution < 1.29 is 24.1 Å². The maximum atomic E-state index is 13.7. The van der Waals surface area contributed by atoms with Crippen LogP contribution in [-0.2, 0) is 9.53 Å². The highest BCUT2D eigenvalue weighted by Crippen LogP contribution is 2.33. The van der Waals surface area contributed by atoms with Crippen LogP contribution in [0, 0.1) is 0 Å². The lowest BCUT2D eigenvalue weighted by Gasteiger charge is -2.24. The van der Waals surface area contributed by atoms with Gasteiger partial charge < -0.3 is 19.3 Å². The highest BCUT2D eigenvalue weighted by molar-refractivity contribution is 9.10. The minimum Gasteiger partial charge on any atom is -0.504 e. The maximum absolute atomic E-state index is 13.7. The van der Waals surface area contributed by atoms with Crippen LogP contribution < -0.4 is 24.4 Å². The molecule has 1 aliphatic heterocycles. The molecule has 2 heterocycles. The molecule has 0 saturated carbocycles. The zero-order valence-corrected chi connectivity index (χ0v) is 21.9. The first-order valence-corrected chi connectivity index (χ1v) is 12.3. The molecule has 1 unspecified atom stereocenters. The molecule has 1 aromatic heterocycles. The highest BCUT2D eigenvalue weighted by Gasteiger charge is 2.33. The lowest BCUT2D eigenvalue weighted by atomic mass is 9.96. The molecule has 182 valence electrons. The largest absolute Gasteiger partial charge is 0.504 e. The first-order valence-electron chi connectivity index (χ1n) is 10.7. The van der Waals surface area contributed by atoms with Crippen LogP contribution in [0.1, 0.15) is 31.0 Å².